The van der Waals surface area contributed by atoms with Crippen molar-refractivity contribution >= 4 is 17.9 Å². The molecule has 0 aromatic rings. The summed E-state index contributed by atoms with van der Waals surface area (Å²) < 4.78 is 17.3. The molecular formula is C62H108NO7+. The van der Waals surface area contributed by atoms with Crippen molar-refractivity contribution in [3.63, 3.8) is 0 Å². The van der Waals surface area contributed by atoms with E-state index in [0.717, 1.165) is 70.6 Å². The van der Waals surface area contributed by atoms with Crippen LogP contribution in [0.25, 0.3) is 0 Å². The average Bonchev–Trinajstić information content (AvgIpc) is 3.33. The number of nitrogens with zero attached hydrogens (tertiary/aromatic N) is 1. The van der Waals surface area contributed by atoms with Crippen LogP contribution in [0.15, 0.2) is 85.1 Å². The number of esters is 2. The highest BCUT2D eigenvalue weighted by Crippen LogP contribution is 2.17. The Balaban J connectivity index is 4.27. The van der Waals surface area contributed by atoms with Crippen molar-refractivity contribution in [2.24, 2.45) is 0 Å². The highest BCUT2D eigenvalue weighted by Gasteiger charge is 2.31. The van der Waals surface area contributed by atoms with Gasteiger partial charge in [0.05, 0.1) is 34.4 Å². The third kappa shape index (κ3) is 49.5. The molecule has 0 amide bonds. The first kappa shape index (κ1) is 66.5. The fourth-order valence-corrected chi connectivity index (χ4v) is 8.20. The van der Waals surface area contributed by atoms with Crippen LogP contribution in [-0.4, -0.2) is 80.6 Å². The topological polar surface area (TPSA) is 99.1 Å². The van der Waals surface area contributed by atoms with Crippen LogP contribution in [0, 0.1) is 0 Å². The van der Waals surface area contributed by atoms with Gasteiger partial charge in [-0.1, -0.05) is 240 Å². The Morgan fingerprint density at radius 3 is 1.17 bits per heavy atom. The summed E-state index contributed by atoms with van der Waals surface area (Å²) in [4.78, 5) is 37.3. The van der Waals surface area contributed by atoms with E-state index in [1.165, 1.54) is 128 Å². The number of allylic oxidation sites excluding steroid dienone is 14. The fourth-order valence-electron chi connectivity index (χ4n) is 8.20. The first-order valence-electron chi connectivity index (χ1n) is 28.6. The molecule has 0 spiro atoms. The van der Waals surface area contributed by atoms with E-state index < -0.39 is 18.1 Å². The molecule has 0 saturated carbocycles. The molecule has 8 heteroatoms. The Morgan fingerprint density at radius 2 is 0.800 bits per heavy atom. The quantitative estimate of drug-likeness (QED) is 0.0280. The molecule has 1 N–H and O–H groups in total. The Morgan fingerprint density at radius 1 is 0.443 bits per heavy atom. The second-order valence-corrected chi connectivity index (χ2v) is 20.2. The molecule has 0 radical (unpaired) electrons. The molecule has 8 nitrogen and oxygen atoms in total. The van der Waals surface area contributed by atoms with Crippen LogP contribution < -0.4 is 0 Å². The number of quaternary nitrogens is 1. The summed E-state index contributed by atoms with van der Waals surface area (Å²) in [5, 5.41) is 9.68. The monoisotopic (exact) mass is 979 g/mol. The molecule has 0 fully saturated rings. The minimum atomic E-state index is -0.882. The summed E-state index contributed by atoms with van der Waals surface area (Å²) >= 11 is 0. The average molecular weight is 980 g/mol. The number of hydrogen-bond donors (Lipinski definition) is 1. The van der Waals surface area contributed by atoms with E-state index >= 15 is 0 Å². The lowest BCUT2D eigenvalue weighted by molar-refractivity contribution is -0.887. The van der Waals surface area contributed by atoms with Crippen molar-refractivity contribution in [2.45, 2.75) is 251 Å². The lowest BCUT2D eigenvalue weighted by Gasteiger charge is -2.31. The minimum absolute atomic E-state index is 0.0409. The Labute approximate surface area is 431 Å². The summed E-state index contributed by atoms with van der Waals surface area (Å²) in [6.45, 7) is 4.59. The van der Waals surface area contributed by atoms with Crippen LogP contribution in [0.4, 0.5) is 0 Å². The number of carbonyl (C=O) groups excluding carboxylic acids is 2. The first-order chi connectivity index (χ1) is 34.1. The molecule has 402 valence electrons. The van der Waals surface area contributed by atoms with E-state index in [4.69, 9.17) is 14.2 Å². The normalized spacial score (nSPS) is 13.4. The number of aliphatic carboxylic acids is 1. The number of unbranched alkanes of at least 4 members (excludes halogenated alkanes) is 23. The van der Waals surface area contributed by atoms with E-state index in [9.17, 15) is 19.5 Å². The molecule has 70 heavy (non-hydrogen) atoms. The predicted molar refractivity (Wildman–Crippen MR) is 298 cm³/mol. The number of likely N-dealkylation sites (N-methyl/N-ethyl adjacent to an activating group) is 1. The smallest absolute Gasteiger partial charge is 0.362 e. The second-order valence-electron chi connectivity index (χ2n) is 20.2. The molecule has 0 aliphatic rings. The molecule has 2 unspecified atom stereocenters. The number of hydrogen-bond acceptors (Lipinski definition) is 6. The van der Waals surface area contributed by atoms with Gasteiger partial charge in [0.2, 0.25) is 0 Å². The Kier molecular flexibility index (Phi) is 49.3. The largest absolute Gasteiger partial charge is 0.477 e. The molecule has 0 heterocycles. The van der Waals surface area contributed by atoms with Gasteiger partial charge in [0.1, 0.15) is 6.61 Å². The molecular weight excluding hydrogens is 871 g/mol. The van der Waals surface area contributed by atoms with Crippen LogP contribution >= 0.6 is 0 Å². The van der Waals surface area contributed by atoms with Crippen molar-refractivity contribution in [1.82, 2.24) is 0 Å². The lowest BCUT2D eigenvalue weighted by atomic mass is 10.0. The summed E-state index contributed by atoms with van der Waals surface area (Å²) in [7, 11) is 5.52. The summed E-state index contributed by atoms with van der Waals surface area (Å²) in [6.07, 6.45) is 69.4. The van der Waals surface area contributed by atoms with Gasteiger partial charge in [-0.05, 0) is 64.2 Å². The second kappa shape index (κ2) is 51.9. The number of ether oxygens (including phenoxy) is 3. The van der Waals surface area contributed by atoms with E-state index in [1.54, 1.807) is 0 Å². The number of carbonyl (C=O) groups is 3. The van der Waals surface area contributed by atoms with E-state index in [-0.39, 0.29) is 42.7 Å². The predicted octanol–water partition coefficient (Wildman–Crippen LogP) is 17.2. The van der Waals surface area contributed by atoms with Gasteiger partial charge in [0.25, 0.3) is 0 Å². The zero-order valence-electron chi connectivity index (χ0n) is 46.0. The number of carboxylic acids is 1. The van der Waals surface area contributed by atoms with Crippen LogP contribution in [-0.2, 0) is 28.6 Å². The van der Waals surface area contributed by atoms with Gasteiger partial charge in [0.15, 0.2) is 12.1 Å². The first-order valence-corrected chi connectivity index (χ1v) is 28.6. The molecule has 0 aromatic carbocycles. The Bertz CT molecular complexity index is 1420. The van der Waals surface area contributed by atoms with Crippen LogP contribution in [0.2, 0.25) is 0 Å². The maximum absolute atomic E-state index is 12.8. The van der Waals surface area contributed by atoms with Crippen molar-refractivity contribution in [3.8, 4) is 0 Å². The molecule has 0 aliphatic carbocycles. The van der Waals surface area contributed by atoms with Crippen LogP contribution in [0.1, 0.15) is 239 Å². The van der Waals surface area contributed by atoms with Crippen molar-refractivity contribution in [1.29, 1.82) is 0 Å². The maximum atomic E-state index is 12.8. The summed E-state index contributed by atoms with van der Waals surface area (Å²) in [6, 6.07) is -0.628. The fraction of sp³-hybridized carbons (Fsp3) is 0.726. The summed E-state index contributed by atoms with van der Waals surface area (Å²) in [5.74, 6) is -1.54. The van der Waals surface area contributed by atoms with Gasteiger partial charge in [-0.15, -0.1) is 0 Å². The number of rotatable bonds is 51. The molecule has 0 saturated heterocycles. The highest BCUT2D eigenvalue weighted by molar-refractivity contribution is 5.72. The van der Waals surface area contributed by atoms with Crippen LogP contribution in [0.5, 0.6) is 0 Å². The van der Waals surface area contributed by atoms with Gasteiger partial charge in [-0.3, -0.25) is 9.59 Å². The Hall–Kier alpha value is -3.49. The summed E-state index contributed by atoms with van der Waals surface area (Å²) in [5.41, 5.74) is 0. The van der Waals surface area contributed by atoms with Crippen molar-refractivity contribution < 1.29 is 38.2 Å². The third-order valence-corrected chi connectivity index (χ3v) is 12.6. The maximum Gasteiger partial charge on any atom is 0.362 e. The van der Waals surface area contributed by atoms with E-state index in [0.29, 0.717) is 19.3 Å². The molecule has 0 aliphatic heterocycles. The van der Waals surface area contributed by atoms with Gasteiger partial charge >= 0.3 is 17.9 Å². The lowest BCUT2D eigenvalue weighted by Crippen LogP contribution is -2.50. The molecule has 2 atom stereocenters. The van der Waals surface area contributed by atoms with Gasteiger partial charge < -0.3 is 23.8 Å². The zero-order chi connectivity index (χ0) is 51.3. The number of carboxylic acid groups (broad SMARTS) is 1. The highest BCUT2D eigenvalue weighted by atomic mass is 16.6. The van der Waals surface area contributed by atoms with Gasteiger partial charge in [0, 0.05) is 19.3 Å². The molecule has 0 rings (SSSR count). The van der Waals surface area contributed by atoms with Crippen LogP contribution in [0.3, 0.4) is 0 Å². The van der Waals surface area contributed by atoms with Crippen molar-refractivity contribution in [2.75, 3.05) is 41.0 Å². The van der Waals surface area contributed by atoms with Crippen molar-refractivity contribution in [3.05, 3.63) is 85.1 Å². The van der Waals surface area contributed by atoms with E-state index in [1.807, 2.05) is 21.1 Å². The molecule has 0 bridgehead atoms. The van der Waals surface area contributed by atoms with E-state index in [2.05, 4.69) is 98.9 Å². The minimum Gasteiger partial charge on any atom is -0.477 e. The molecule has 0 aromatic heterocycles. The third-order valence-electron chi connectivity index (χ3n) is 12.6. The SMILES string of the molecule is CC/C=C/C/C=C/C/C=C/C/C=C/C/C=C/C/C=C/C/C=C/CCCC(=O)OCC(COCCC(C(=O)O)[N+](C)(C)C)OC(=O)CCCCCCCCCCCCCCCCCCCCCCCCC. The standard InChI is InChI=1S/C62H107NO7/c1-6-8-10-12-14-16-18-20-22-24-26-28-30-32-34-36-38-40-42-44-46-48-50-52-60(64)69-57-58(56-68-55-54-59(62(66)67)63(3,4)5)70-61(65)53-51-49-47-45-43-41-39-37-35-33-31-29-27-25-23-21-19-17-15-13-11-9-7-2/h8,10,14,16,20,22,26,28,32,34,38,40,44,46,58-59H,6-7,9,11-13,15,17-19,21,23-25,27,29-31,33,35-37,39,41-43,45,47-57H2,1-5H3/p+1/b10-8+,16-14+,22-20+,28-26+,34-32+,40-38+,46-44+. The van der Waals surface area contributed by atoms with Gasteiger partial charge in [-0.2, -0.15) is 0 Å². The zero-order valence-corrected chi connectivity index (χ0v) is 46.0. The van der Waals surface area contributed by atoms with Gasteiger partial charge in [-0.25, -0.2) is 4.79 Å².